The molecule has 2 aliphatic heterocycles. The third kappa shape index (κ3) is 8.19. The zero-order chi connectivity index (χ0) is 31.6. The van der Waals surface area contributed by atoms with Crippen molar-refractivity contribution < 1.29 is 28.7 Å². The van der Waals surface area contributed by atoms with E-state index in [0.717, 1.165) is 45.7 Å². The van der Waals surface area contributed by atoms with Gasteiger partial charge in [0.25, 0.3) is 5.91 Å². The van der Waals surface area contributed by atoms with E-state index in [1.807, 2.05) is 4.90 Å². The van der Waals surface area contributed by atoms with E-state index >= 15 is 0 Å². The van der Waals surface area contributed by atoms with Crippen molar-refractivity contribution in [2.45, 2.75) is 39.7 Å². The lowest BCUT2D eigenvalue weighted by molar-refractivity contribution is -0.124. The summed E-state index contributed by atoms with van der Waals surface area (Å²) in [6.07, 6.45) is 0.674. The standard InChI is InChI=1S/C32H41N5O6S/c1-4-34-18-20-35(21-19-34)16-7-17-36-27(22-28(38)33-25-12-8-23(9-13-25)30(40)42-5-2)29(39)37(32(36)44)26-14-10-24(11-15-26)31(41)43-6-3/h8-15,27H,4-7,16-22H2,1-3H3,(H,33,38)/t27-/m1/s1. The molecule has 0 radical (unpaired) electrons. The van der Waals surface area contributed by atoms with Crippen LogP contribution in [0.5, 0.6) is 0 Å². The first-order valence-corrected chi connectivity index (χ1v) is 15.6. The zero-order valence-corrected chi connectivity index (χ0v) is 26.4. The van der Waals surface area contributed by atoms with Gasteiger partial charge in [-0.2, -0.15) is 0 Å². The van der Waals surface area contributed by atoms with Crippen LogP contribution >= 0.6 is 12.2 Å². The smallest absolute Gasteiger partial charge is 0.338 e. The maximum Gasteiger partial charge on any atom is 0.338 e. The Kier molecular flexibility index (Phi) is 11.8. The Morgan fingerprint density at radius 2 is 1.36 bits per heavy atom. The Bertz CT molecular complexity index is 1330. The predicted molar refractivity (Wildman–Crippen MR) is 172 cm³/mol. The van der Waals surface area contributed by atoms with E-state index in [0.29, 0.717) is 34.2 Å². The SMILES string of the molecule is CCOC(=O)c1ccc(NC(=O)C[C@@H]2C(=O)N(c3ccc(C(=O)OCC)cc3)C(=S)N2CCCN2CCN(CC)CC2)cc1. The number of esters is 2. The molecular weight excluding hydrogens is 582 g/mol. The molecule has 0 spiro atoms. The molecule has 2 fully saturated rings. The van der Waals surface area contributed by atoms with E-state index in [-0.39, 0.29) is 31.4 Å². The van der Waals surface area contributed by atoms with Crippen molar-refractivity contribution in [3.8, 4) is 0 Å². The molecule has 236 valence electrons. The van der Waals surface area contributed by atoms with Gasteiger partial charge < -0.3 is 29.5 Å². The second-order valence-corrected chi connectivity index (χ2v) is 11.0. The van der Waals surface area contributed by atoms with E-state index in [4.69, 9.17) is 21.7 Å². The number of piperazine rings is 1. The summed E-state index contributed by atoms with van der Waals surface area (Å²) in [5.74, 6) is -1.53. The first kappa shape index (κ1) is 33.0. The molecule has 44 heavy (non-hydrogen) atoms. The molecular formula is C32H41N5O6S. The number of hydrogen-bond donors (Lipinski definition) is 1. The lowest BCUT2D eigenvalue weighted by Crippen LogP contribution is -2.47. The van der Waals surface area contributed by atoms with E-state index in [1.54, 1.807) is 62.4 Å². The van der Waals surface area contributed by atoms with Gasteiger partial charge in [0.2, 0.25) is 5.91 Å². The lowest BCUT2D eigenvalue weighted by atomic mass is 10.1. The van der Waals surface area contributed by atoms with Crippen molar-refractivity contribution in [3.63, 3.8) is 0 Å². The Balaban J connectivity index is 1.46. The number of carbonyl (C=O) groups is 4. The molecule has 2 saturated heterocycles. The first-order chi connectivity index (χ1) is 21.2. The number of anilines is 2. The normalized spacial score (nSPS) is 17.6. The van der Waals surface area contributed by atoms with Crippen LogP contribution in [-0.2, 0) is 19.1 Å². The molecule has 2 aliphatic rings. The molecule has 2 aromatic rings. The Morgan fingerprint density at radius 3 is 1.91 bits per heavy atom. The average molecular weight is 624 g/mol. The van der Waals surface area contributed by atoms with Crippen molar-refractivity contribution in [2.75, 3.05) is 69.2 Å². The summed E-state index contributed by atoms with van der Waals surface area (Å²) in [7, 11) is 0. The molecule has 12 heteroatoms. The number of amides is 2. The van der Waals surface area contributed by atoms with Gasteiger partial charge in [0.05, 0.1) is 36.4 Å². The van der Waals surface area contributed by atoms with Crippen molar-refractivity contribution >= 4 is 52.5 Å². The van der Waals surface area contributed by atoms with Crippen LogP contribution in [0.3, 0.4) is 0 Å². The third-order valence-electron chi connectivity index (χ3n) is 7.80. The summed E-state index contributed by atoms with van der Waals surface area (Å²) in [5.41, 5.74) is 1.78. The number of ether oxygens (including phenoxy) is 2. The number of benzene rings is 2. The van der Waals surface area contributed by atoms with Gasteiger partial charge >= 0.3 is 11.9 Å². The van der Waals surface area contributed by atoms with Gasteiger partial charge in [0.15, 0.2) is 5.11 Å². The third-order valence-corrected chi connectivity index (χ3v) is 8.22. The Morgan fingerprint density at radius 1 is 0.818 bits per heavy atom. The summed E-state index contributed by atoms with van der Waals surface area (Å²) in [6.45, 7) is 12.7. The number of nitrogens with zero attached hydrogens (tertiary/aromatic N) is 4. The molecule has 0 aliphatic carbocycles. The molecule has 0 bridgehead atoms. The summed E-state index contributed by atoms with van der Waals surface area (Å²) >= 11 is 5.81. The number of carbonyl (C=O) groups excluding carboxylic acids is 4. The minimum atomic E-state index is -0.789. The largest absolute Gasteiger partial charge is 0.462 e. The van der Waals surface area contributed by atoms with Gasteiger partial charge in [-0.15, -0.1) is 0 Å². The molecule has 1 atom stereocenters. The topological polar surface area (TPSA) is 112 Å². The van der Waals surface area contributed by atoms with Crippen molar-refractivity contribution in [3.05, 3.63) is 59.7 Å². The van der Waals surface area contributed by atoms with Gasteiger partial charge in [0, 0.05) is 38.4 Å². The second-order valence-electron chi connectivity index (χ2n) is 10.6. The summed E-state index contributed by atoms with van der Waals surface area (Å²) < 4.78 is 10.1. The fraction of sp³-hybridized carbons (Fsp3) is 0.469. The molecule has 2 aromatic carbocycles. The number of thiocarbonyl (C=S) groups is 1. The molecule has 1 N–H and O–H groups in total. The van der Waals surface area contributed by atoms with Crippen LogP contribution in [0.2, 0.25) is 0 Å². The van der Waals surface area contributed by atoms with Crippen molar-refractivity contribution in [1.29, 1.82) is 0 Å². The molecule has 0 saturated carbocycles. The quantitative estimate of drug-likeness (QED) is 0.263. The summed E-state index contributed by atoms with van der Waals surface area (Å²) in [6, 6.07) is 12.1. The van der Waals surface area contributed by atoms with Crippen LogP contribution in [0.25, 0.3) is 0 Å². The molecule has 2 heterocycles. The molecule has 0 aromatic heterocycles. The minimum Gasteiger partial charge on any atom is -0.462 e. The van der Waals surface area contributed by atoms with E-state index < -0.39 is 18.0 Å². The lowest BCUT2D eigenvalue weighted by Gasteiger charge is -2.34. The fourth-order valence-electron chi connectivity index (χ4n) is 5.37. The van der Waals surface area contributed by atoms with Crippen molar-refractivity contribution in [1.82, 2.24) is 14.7 Å². The van der Waals surface area contributed by atoms with Crippen LogP contribution < -0.4 is 10.2 Å². The minimum absolute atomic E-state index is 0.106. The van der Waals surface area contributed by atoms with E-state index in [2.05, 4.69) is 22.0 Å². The Hall–Kier alpha value is -3.87. The summed E-state index contributed by atoms with van der Waals surface area (Å²) in [5, 5.41) is 3.16. The monoisotopic (exact) mass is 623 g/mol. The van der Waals surface area contributed by atoms with E-state index in [1.165, 1.54) is 4.90 Å². The van der Waals surface area contributed by atoms with Crippen molar-refractivity contribution in [2.24, 2.45) is 0 Å². The highest BCUT2D eigenvalue weighted by atomic mass is 32.1. The molecule has 2 amide bonds. The van der Waals surface area contributed by atoms with Gasteiger partial charge in [-0.05, 0) is 94.1 Å². The van der Waals surface area contributed by atoms with Crippen LogP contribution in [-0.4, -0.2) is 109 Å². The fourth-order valence-corrected chi connectivity index (χ4v) is 5.79. The average Bonchev–Trinajstić information content (AvgIpc) is 3.25. The highest BCUT2D eigenvalue weighted by Gasteiger charge is 2.44. The van der Waals surface area contributed by atoms with E-state index in [9.17, 15) is 19.2 Å². The van der Waals surface area contributed by atoms with Gasteiger partial charge in [-0.3, -0.25) is 14.5 Å². The van der Waals surface area contributed by atoms with Gasteiger partial charge in [-0.25, -0.2) is 9.59 Å². The van der Waals surface area contributed by atoms with Gasteiger partial charge in [0.1, 0.15) is 6.04 Å². The van der Waals surface area contributed by atoms with Crippen LogP contribution in [0, 0.1) is 0 Å². The van der Waals surface area contributed by atoms with Crippen LogP contribution in [0.15, 0.2) is 48.5 Å². The zero-order valence-electron chi connectivity index (χ0n) is 25.6. The number of likely N-dealkylation sites (N-methyl/N-ethyl adjacent to an activating group) is 1. The predicted octanol–water partition coefficient (Wildman–Crippen LogP) is 3.40. The highest BCUT2D eigenvalue weighted by Crippen LogP contribution is 2.28. The summed E-state index contributed by atoms with van der Waals surface area (Å²) in [4.78, 5) is 59.2. The highest BCUT2D eigenvalue weighted by molar-refractivity contribution is 7.80. The maximum absolute atomic E-state index is 13.8. The van der Waals surface area contributed by atoms with Crippen LogP contribution in [0.4, 0.5) is 11.4 Å². The molecule has 0 unspecified atom stereocenters. The second kappa shape index (κ2) is 15.7. The first-order valence-electron chi connectivity index (χ1n) is 15.2. The van der Waals surface area contributed by atoms with Gasteiger partial charge in [-0.1, -0.05) is 6.92 Å². The molecule has 4 rings (SSSR count). The number of rotatable bonds is 13. The number of nitrogens with one attached hydrogen (secondary N) is 1. The maximum atomic E-state index is 13.8. The number of hydrogen-bond acceptors (Lipinski definition) is 9. The molecule has 11 nitrogen and oxygen atoms in total. The van der Waals surface area contributed by atoms with Crippen LogP contribution in [0.1, 0.15) is 54.3 Å². The Labute approximate surface area is 264 Å².